The van der Waals surface area contributed by atoms with Crippen LogP contribution in [0, 0.1) is 6.92 Å². The van der Waals surface area contributed by atoms with Gasteiger partial charge in [-0.15, -0.1) is 11.3 Å². The Labute approximate surface area is 234 Å². The minimum atomic E-state index is 1.19. The van der Waals surface area contributed by atoms with Crippen LogP contribution in [0.1, 0.15) is 5.56 Å². The van der Waals surface area contributed by atoms with Crippen molar-refractivity contribution in [3.63, 3.8) is 0 Å². The molecule has 9 rings (SSSR count). The van der Waals surface area contributed by atoms with Crippen molar-refractivity contribution in [1.82, 2.24) is 9.13 Å². The largest absolute Gasteiger partial charge is 0.309 e. The molecule has 0 bridgehead atoms. The van der Waals surface area contributed by atoms with Crippen molar-refractivity contribution < 1.29 is 0 Å². The highest BCUT2D eigenvalue weighted by atomic mass is 32.1. The molecular weight excluding hydrogens is 504 g/mol. The lowest BCUT2D eigenvalue weighted by atomic mass is 10.1. The Morgan fingerprint density at radius 2 is 1.10 bits per heavy atom. The van der Waals surface area contributed by atoms with Gasteiger partial charge in [-0.3, -0.25) is 0 Å². The van der Waals surface area contributed by atoms with Crippen LogP contribution in [0.15, 0.2) is 127 Å². The van der Waals surface area contributed by atoms with Crippen LogP contribution in [0.4, 0.5) is 0 Å². The summed E-state index contributed by atoms with van der Waals surface area (Å²) in [5.74, 6) is 0. The van der Waals surface area contributed by atoms with Gasteiger partial charge in [0.1, 0.15) is 0 Å². The van der Waals surface area contributed by atoms with E-state index in [4.69, 9.17) is 0 Å². The Hall–Kier alpha value is -4.86. The Bertz CT molecular complexity index is 2450. The molecule has 0 unspecified atom stereocenters. The molecule has 0 fully saturated rings. The van der Waals surface area contributed by atoms with Crippen molar-refractivity contribution in [3.8, 4) is 11.4 Å². The molecule has 0 spiro atoms. The van der Waals surface area contributed by atoms with E-state index in [1.807, 2.05) is 11.3 Å². The van der Waals surface area contributed by atoms with Crippen LogP contribution in [0.25, 0.3) is 75.2 Å². The molecule has 3 aromatic heterocycles. The second-order valence-corrected chi connectivity index (χ2v) is 11.7. The van der Waals surface area contributed by atoms with Gasteiger partial charge in [-0.05, 0) is 55.0 Å². The second kappa shape index (κ2) is 8.08. The van der Waals surface area contributed by atoms with Gasteiger partial charge in [-0.25, -0.2) is 0 Å². The molecule has 0 radical (unpaired) electrons. The van der Waals surface area contributed by atoms with Crippen molar-refractivity contribution in [1.29, 1.82) is 0 Å². The number of rotatable bonds is 2. The van der Waals surface area contributed by atoms with Crippen molar-refractivity contribution in [3.05, 3.63) is 133 Å². The lowest BCUT2D eigenvalue weighted by molar-refractivity contribution is 1.17. The normalized spacial score (nSPS) is 12.1. The SMILES string of the molecule is Cc1cccc2c3ccccc3n(-c3ccc4c(c3)c3ccccc3n4-c3cccc4c3sc3ccccc34)c12. The van der Waals surface area contributed by atoms with Crippen LogP contribution in [0.2, 0.25) is 0 Å². The molecule has 0 aliphatic heterocycles. The molecule has 40 heavy (non-hydrogen) atoms. The lowest BCUT2D eigenvalue weighted by Gasteiger charge is -2.12. The zero-order chi connectivity index (χ0) is 26.4. The van der Waals surface area contributed by atoms with E-state index < -0.39 is 0 Å². The van der Waals surface area contributed by atoms with Gasteiger partial charge in [0.25, 0.3) is 0 Å². The Morgan fingerprint density at radius 3 is 1.95 bits per heavy atom. The number of hydrogen-bond acceptors (Lipinski definition) is 1. The summed E-state index contributed by atoms with van der Waals surface area (Å²) in [5.41, 5.74) is 8.70. The highest BCUT2D eigenvalue weighted by molar-refractivity contribution is 7.26. The highest BCUT2D eigenvalue weighted by Gasteiger charge is 2.18. The summed E-state index contributed by atoms with van der Waals surface area (Å²) in [5, 5.41) is 7.78. The molecule has 9 aromatic rings. The molecule has 0 saturated carbocycles. The van der Waals surface area contributed by atoms with Gasteiger partial charge in [-0.2, -0.15) is 0 Å². The quantitative estimate of drug-likeness (QED) is 0.211. The maximum Gasteiger partial charge on any atom is 0.0640 e. The molecule has 0 saturated heterocycles. The zero-order valence-electron chi connectivity index (χ0n) is 21.9. The van der Waals surface area contributed by atoms with Crippen molar-refractivity contribution >= 4 is 75.1 Å². The molecule has 188 valence electrons. The van der Waals surface area contributed by atoms with Crippen LogP contribution >= 0.6 is 11.3 Å². The minimum Gasteiger partial charge on any atom is -0.309 e. The summed E-state index contributed by atoms with van der Waals surface area (Å²) in [6.07, 6.45) is 0. The third-order valence-corrected chi connectivity index (χ3v) is 9.64. The molecule has 6 aromatic carbocycles. The van der Waals surface area contributed by atoms with Crippen molar-refractivity contribution in [2.45, 2.75) is 6.92 Å². The van der Waals surface area contributed by atoms with E-state index in [1.54, 1.807) is 0 Å². The first-order chi connectivity index (χ1) is 19.8. The molecule has 0 aliphatic carbocycles. The fourth-order valence-electron chi connectivity index (χ4n) is 6.73. The zero-order valence-corrected chi connectivity index (χ0v) is 22.7. The molecule has 3 heterocycles. The van der Waals surface area contributed by atoms with E-state index in [0.29, 0.717) is 0 Å². The number of thiophene rings is 1. The van der Waals surface area contributed by atoms with Gasteiger partial charge in [-0.1, -0.05) is 84.9 Å². The molecular formula is C37H24N2S. The number of nitrogens with zero attached hydrogens (tertiary/aromatic N) is 2. The average Bonchev–Trinajstić information content (AvgIpc) is 3.65. The van der Waals surface area contributed by atoms with Gasteiger partial charge in [0.2, 0.25) is 0 Å². The fourth-order valence-corrected chi connectivity index (χ4v) is 7.93. The average molecular weight is 529 g/mol. The third kappa shape index (κ3) is 2.87. The Morgan fingerprint density at radius 1 is 0.475 bits per heavy atom. The summed E-state index contributed by atoms with van der Waals surface area (Å²) < 4.78 is 7.56. The standard InChI is InChI=1S/C37H24N2S/c1-23-10-8-14-28-25-11-2-5-16-31(25)38(36(23)28)24-20-21-33-30(22-24)26-12-3-6-17-32(26)39(33)34-18-9-15-29-27-13-4-7-19-35(27)40-37(29)34/h2-22H,1H3. The fraction of sp³-hybridized carbons (Fsp3) is 0.0270. The number of aryl methyl sites for hydroxylation is 1. The third-order valence-electron chi connectivity index (χ3n) is 8.44. The van der Waals surface area contributed by atoms with Gasteiger partial charge in [0, 0.05) is 42.7 Å². The molecule has 0 aliphatic rings. The van der Waals surface area contributed by atoms with Gasteiger partial charge < -0.3 is 9.13 Å². The van der Waals surface area contributed by atoms with Crippen LogP contribution in [0.5, 0.6) is 0 Å². The Kier molecular flexibility index (Phi) is 4.44. The maximum atomic E-state index is 2.46. The predicted octanol–water partition coefficient (Wildman–Crippen LogP) is 10.6. The van der Waals surface area contributed by atoms with Gasteiger partial charge in [0.05, 0.1) is 32.5 Å². The number of fused-ring (bicyclic) bond motifs is 9. The monoisotopic (exact) mass is 528 g/mol. The van der Waals surface area contributed by atoms with Crippen LogP contribution < -0.4 is 0 Å². The van der Waals surface area contributed by atoms with E-state index >= 15 is 0 Å². The first-order valence-corrected chi connectivity index (χ1v) is 14.5. The first-order valence-electron chi connectivity index (χ1n) is 13.7. The highest BCUT2D eigenvalue weighted by Crippen LogP contribution is 2.42. The number of benzene rings is 6. The summed E-state index contributed by atoms with van der Waals surface area (Å²) in [7, 11) is 0. The second-order valence-electron chi connectivity index (χ2n) is 10.6. The van der Waals surface area contributed by atoms with Gasteiger partial charge >= 0.3 is 0 Å². The van der Waals surface area contributed by atoms with E-state index in [0.717, 1.165) is 0 Å². The number of para-hydroxylation sites is 3. The number of aromatic nitrogens is 2. The summed E-state index contributed by atoms with van der Waals surface area (Å²) in [4.78, 5) is 0. The molecule has 0 atom stereocenters. The first kappa shape index (κ1) is 22.0. The van der Waals surface area contributed by atoms with E-state index in [9.17, 15) is 0 Å². The van der Waals surface area contributed by atoms with Crippen molar-refractivity contribution in [2.24, 2.45) is 0 Å². The van der Waals surface area contributed by atoms with Crippen LogP contribution in [0.3, 0.4) is 0 Å². The van der Waals surface area contributed by atoms with Crippen molar-refractivity contribution in [2.75, 3.05) is 0 Å². The van der Waals surface area contributed by atoms with Crippen LogP contribution in [-0.4, -0.2) is 9.13 Å². The van der Waals surface area contributed by atoms with E-state index in [2.05, 4.69) is 143 Å². The molecule has 0 amide bonds. The maximum absolute atomic E-state index is 2.46. The van der Waals surface area contributed by atoms with E-state index in [1.165, 1.54) is 80.7 Å². The molecule has 2 nitrogen and oxygen atoms in total. The topological polar surface area (TPSA) is 9.86 Å². The Balaban J connectivity index is 1.38. The number of hydrogen-bond donors (Lipinski definition) is 0. The molecule has 3 heteroatoms. The lowest BCUT2D eigenvalue weighted by Crippen LogP contribution is -1.96. The summed E-state index contributed by atoms with van der Waals surface area (Å²) in [6, 6.07) is 46.7. The van der Waals surface area contributed by atoms with E-state index in [-0.39, 0.29) is 0 Å². The predicted molar refractivity (Wildman–Crippen MR) is 173 cm³/mol. The summed E-state index contributed by atoms with van der Waals surface area (Å²) in [6.45, 7) is 2.22. The summed E-state index contributed by atoms with van der Waals surface area (Å²) >= 11 is 1.88. The van der Waals surface area contributed by atoms with Gasteiger partial charge in [0.15, 0.2) is 0 Å². The van der Waals surface area contributed by atoms with Crippen LogP contribution in [-0.2, 0) is 0 Å². The minimum absolute atomic E-state index is 1.19. The smallest absolute Gasteiger partial charge is 0.0640 e. The molecule has 0 N–H and O–H groups in total.